The molecule has 48 heavy (non-hydrogen) atoms. The van der Waals surface area contributed by atoms with Crippen molar-refractivity contribution >= 4 is 17.9 Å². The van der Waals surface area contributed by atoms with Gasteiger partial charge in [-0.3, -0.25) is 9.80 Å². The molecule has 3 aliphatic heterocycles. The minimum absolute atomic E-state index is 0.282. The summed E-state index contributed by atoms with van der Waals surface area (Å²) in [5.41, 5.74) is -2.79. The zero-order valence-corrected chi connectivity index (χ0v) is 31.9. The molecule has 3 fully saturated rings. The van der Waals surface area contributed by atoms with Crippen molar-refractivity contribution in [1.29, 1.82) is 0 Å². The first-order chi connectivity index (χ1) is 21.6. The number of ether oxygens (including phenoxy) is 3. The number of nitrogens with zero attached hydrogens (tertiary/aromatic N) is 2. The summed E-state index contributed by atoms with van der Waals surface area (Å²) in [6, 6.07) is 1.94. The monoisotopic (exact) mass is 673 g/mol. The average Bonchev–Trinajstić information content (AvgIpc) is 2.87. The predicted octanol–water partition coefficient (Wildman–Crippen LogP) is 6.91. The van der Waals surface area contributed by atoms with E-state index in [9.17, 15) is 14.4 Å². The van der Waals surface area contributed by atoms with Gasteiger partial charge in [-0.2, -0.15) is 0 Å². The normalized spacial score (nSPS) is 25.6. The standard InChI is InChI=1S/C38H60FN3O6/c1-33(2)17-24(18-34(3,4)40-33)48-32(45)29-27(30(43)46-25-19-35(5,6)41(13)36(7,8)20-25)15-23(39)16-28(29)31(44)47-26-21-37(9,10)42(14)38(11,12)22-26/h15-16,24-26,40H,17-22H2,1-14H3. The summed E-state index contributed by atoms with van der Waals surface area (Å²) in [6.45, 7) is 24.8. The second-order valence-electron chi connectivity index (χ2n) is 18.4. The van der Waals surface area contributed by atoms with Gasteiger partial charge in [0, 0.05) is 71.8 Å². The molecule has 270 valence electrons. The summed E-state index contributed by atoms with van der Waals surface area (Å²) in [5.74, 6) is -3.46. The third-order valence-electron chi connectivity index (χ3n) is 11.3. The van der Waals surface area contributed by atoms with E-state index in [1.54, 1.807) is 0 Å². The van der Waals surface area contributed by atoms with Crippen LogP contribution >= 0.6 is 0 Å². The van der Waals surface area contributed by atoms with Crippen molar-refractivity contribution in [3.05, 3.63) is 34.6 Å². The summed E-state index contributed by atoms with van der Waals surface area (Å²) in [4.78, 5) is 46.7. The lowest BCUT2D eigenvalue weighted by molar-refractivity contribution is -0.0736. The summed E-state index contributed by atoms with van der Waals surface area (Å²) in [5, 5.41) is 3.57. The van der Waals surface area contributed by atoms with Crippen LogP contribution in [0.5, 0.6) is 0 Å². The van der Waals surface area contributed by atoms with Crippen LogP contribution in [-0.2, 0) is 14.2 Å². The van der Waals surface area contributed by atoms with E-state index in [-0.39, 0.29) is 49.9 Å². The van der Waals surface area contributed by atoms with Crippen molar-refractivity contribution in [2.45, 2.75) is 173 Å². The van der Waals surface area contributed by atoms with Crippen LogP contribution in [0.3, 0.4) is 0 Å². The highest BCUT2D eigenvalue weighted by Crippen LogP contribution is 2.40. The number of piperidine rings is 3. The van der Waals surface area contributed by atoms with Crippen LogP contribution in [0.25, 0.3) is 0 Å². The van der Waals surface area contributed by atoms with Gasteiger partial charge in [0.2, 0.25) is 0 Å². The Kier molecular flexibility index (Phi) is 10.1. The van der Waals surface area contributed by atoms with Gasteiger partial charge < -0.3 is 19.5 Å². The van der Waals surface area contributed by atoms with E-state index >= 15 is 4.39 Å². The van der Waals surface area contributed by atoms with Crippen LogP contribution in [-0.4, -0.2) is 93.3 Å². The number of carbonyl (C=O) groups excluding carboxylic acids is 3. The lowest BCUT2D eigenvalue weighted by atomic mass is 9.78. The molecule has 4 rings (SSSR count). The Balaban J connectivity index is 1.72. The minimum atomic E-state index is -0.875. The van der Waals surface area contributed by atoms with Crippen molar-refractivity contribution in [2.75, 3.05) is 14.1 Å². The molecule has 1 aromatic rings. The molecule has 0 aromatic heterocycles. The first-order valence-electron chi connectivity index (χ1n) is 17.4. The molecule has 0 saturated carbocycles. The number of hydrogen-bond acceptors (Lipinski definition) is 9. The van der Waals surface area contributed by atoms with Crippen LogP contribution in [0.2, 0.25) is 0 Å². The van der Waals surface area contributed by atoms with Gasteiger partial charge in [0.15, 0.2) is 0 Å². The minimum Gasteiger partial charge on any atom is -0.459 e. The first kappa shape index (κ1) is 38.2. The van der Waals surface area contributed by atoms with Crippen molar-refractivity contribution in [3.63, 3.8) is 0 Å². The van der Waals surface area contributed by atoms with Crippen molar-refractivity contribution in [1.82, 2.24) is 15.1 Å². The molecule has 3 aliphatic rings. The van der Waals surface area contributed by atoms with Gasteiger partial charge in [-0.25, -0.2) is 18.8 Å². The number of hydrogen-bond donors (Lipinski definition) is 1. The van der Waals surface area contributed by atoms with E-state index in [4.69, 9.17) is 14.2 Å². The molecule has 0 radical (unpaired) electrons. The van der Waals surface area contributed by atoms with E-state index in [2.05, 4.69) is 70.5 Å². The zero-order chi connectivity index (χ0) is 36.4. The fraction of sp³-hybridized carbons (Fsp3) is 0.763. The molecular weight excluding hydrogens is 613 g/mol. The molecular formula is C38H60FN3O6. The number of rotatable bonds is 6. The smallest absolute Gasteiger partial charge is 0.340 e. The predicted molar refractivity (Wildman–Crippen MR) is 185 cm³/mol. The quantitative estimate of drug-likeness (QED) is 0.255. The molecule has 0 unspecified atom stereocenters. The molecule has 0 bridgehead atoms. The van der Waals surface area contributed by atoms with E-state index < -0.39 is 42.0 Å². The molecule has 0 aliphatic carbocycles. The number of halogens is 1. The van der Waals surface area contributed by atoms with E-state index in [1.165, 1.54) is 0 Å². The van der Waals surface area contributed by atoms with Crippen LogP contribution < -0.4 is 5.32 Å². The molecule has 3 heterocycles. The number of likely N-dealkylation sites (tertiary alicyclic amines) is 2. The molecule has 0 amide bonds. The van der Waals surface area contributed by atoms with Gasteiger partial charge >= 0.3 is 17.9 Å². The Morgan fingerprint density at radius 3 is 1.21 bits per heavy atom. The van der Waals surface area contributed by atoms with Crippen LogP contribution in [0.15, 0.2) is 12.1 Å². The van der Waals surface area contributed by atoms with Gasteiger partial charge in [0.25, 0.3) is 0 Å². The fourth-order valence-electron chi connectivity index (χ4n) is 8.83. The van der Waals surface area contributed by atoms with Crippen molar-refractivity contribution in [3.8, 4) is 0 Å². The van der Waals surface area contributed by atoms with E-state index in [0.717, 1.165) is 12.1 Å². The summed E-state index contributed by atoms with van der Waals surface area (Å²) < 4.78 is 33.6. The van der Waals surface area contributed by atoms with Gasteiger partial charge in [-0.1, -0.05) is 0 Å². The molecule has 0 atom stereocenters. The third kappa shape index (κ3) is 8.24. The Labute approximate surface area is 287 Å². The summed E-state index contributed by atoms with van der Waals surface area (Å²) >= 11 is 0. The maximum absolute atomic E-state index is 15.4. The highest BCUT2D eigenvalue weighted by atomic mass is 19.1. The number of esters is 3. The number of benzene rings is 1. The van der Waals surface area contributed by atoms with E-state index in [0.29, 0.717) is 38.5 Å². The SMILES string of the molecule is CN1C(C)(C)CC(OC(=O)c2cc(F)cc(C(=O)OC3CC(C)(C)N(C)C(C)(C)C3)c2C(=O)OC2CC(C)(C)NC(C)(C)C2)CC1(C)C. The largest absolute Gasteiger partial charge is 0.459 e. The second-order valence-corrected chi connectivity index (χ2v) is 18.4. The molecule has 0 spiro atoms. The van der Waals surface area contributed by atoms with E-state index in [1.807, 2.05) is 41.8 Å². The van der Waals surface area contributed by atoms with Crippen LogP contribution in [0.1, 0.15) is 153 Å². The highest BCUT2D eigenvalue weighted by molar-refractivity contribution is 6.10. The van der Waals surface area contributed by atoms with Crippen molar-refractivity contribution < 1.29 is 33.0 Å². The molecule has 3 saturated heterocycles. The average molecular weight is 674 g/mol. The summed E-state index contributed by atoms with van der Waals surface area (Å²) in [6.07, 6.45) is 1.73. The van der Waals surface area contributed by atoms with Gasteiger partial charge in [-0.15, -0.1) is 0 Å². The first-order valence-corrected chi connectivity index (χ1v) is 17.4. The Bertz CT molecular complexity index is 1300. The number of carbonyl (C=O) groups is 3. The van der Waals surface area contributed by atoms with Gasteiger partial charge in [-0.05, 0) is 109 Å². The maximum atomic E-state index is 15.4. The summed E-state index contributed by atoms with van der Waals surface area (Å²) in [7, 11) is 4.10. The zero-order valence-electron chi connectivity index (χ0n) is 31.9. The second kappa shape index (κ2) is 12.6. The van der Waals surface area contributed by atoms with Crippen LogP contribution in [0.4, 0.5) is 4.39 Å². The number of nitrogens with one attached hydrogen (secondary N) is 1. The topological polar surface area (TPSA) is 97.4 Å². The van der Waals surface area contributed by atoms with Crippen molar-refractivity contribution in [2.24, 2.45) is 0 Å². The van der Waals surface area contributed by atoms with Crippen LogP contribution in [0, 0.1) is 5.82 Å². The third-order valence-corrected chi connectivity index (χ3v) is 11.3. The fourth-order valence-corrected chi connectivity index (χ4v) is 8.83. The molecule has 10 heteroatoms. The van der Waals surface area contributed by atoms with Gasteiger partial charge in [0.1, 0.15) is 24.1 Å². The Morgan fingerprint density at radius 2 is 0.875 bits per heavy atom. The highest BCUT2D eigenvalue weighted by Gasteiger charge is 2.47. The maximum Gasteiger partial charge on any atom is 0.340 e. The lowest BCUT2D eigenvalue weighted by Gasteiger charge is -2.53. The Morgan fingerprint density at radius 1 is 0.583 bits per heavy atom. The van der Waals surface area contributed by atoms with Gasteiger partial charge in [0.05, 0.1) is 16.7 Å². The lowest BCUT2D eigenvalue weighted by Crippen LogP contribution is -2.60. The molecule has 9 nitrogen and oxygen atoms in total. The Hall–Kier alpha value is -2.56. The molecule has 1 aromatic carbocycles. The molecule has 1 N–H and O–H groups in total.